The molecule has 9 rings (SSSR count). The molecule has 0 radical (unpaired) electrons. The quantitative estimate of drug-likeness (QED) is 0.116. The van der Waals surface area contributed by atoms with E-state index in [1.54, 1.807) is 0 Å². The van der Waals surface area contributed by atoms with Crippen LogP contribution in [-0.2, 0) is 0 Å². The molecule has 0 aliphatic carbocycles. The van der Waals surface area contributed by atoms with Gasteiger partial charge in [-0.25, -0.2) is 0 Å². The molecule has 2 heterocycles. The molecule has 2 aliphatic heterocycles. The predicted molar refractivity (Wildman–Crippen MR) is 181 cm³/mol. The largest absolute Gasteiger partial charge is 0.275 e. The maximum absolute atomic E-state index is 14.0. The number of benzene rings is 7. The van der Waals surface area contributed by atoms with Gasteiger partial charge < -0.3 is 0 Å². The fourth-order valence-electron chi connectivity index (χ4n) is 7.83. The Kier molecular flexibility index (Phi) is 5.37. The highest BCUT2D eigenvalue weighted by atomic mass is 16.2. The first kappa shape index (κ1) is 26.5. The van der Waals surface area contributed by atoms with Crippen molar-refractivity contribution in [3.8, 4) is 22.3 Å². The average Bonchev–Trinajstić information content (AvgIpc) is 3.09. The van der Waals surface area contributed by atoms with Gasteiger partial charge in [-0.2, -0.15) is 0 Å². The zero-order chi connectivity index (χ0) is 31.4. The Hall–Kier alpha value is -5.88. The summed E-state index contributed by atoms with van der Waals surface area (Å²) in [5, 5.41) is 6.48. The van der Waals surface area contributed by atoms with Crippen molar-refractivity contribution in [3.05, 3.63) is 119 Å². The van der Waals surface area contributed by atoms with Crippen molar-refractivity contribution in [1.82, 2.24) is 9.80 Å². The van der Waals surface area contributed by atoms with E-state index in [0.29, 0.717) is 33.0 Å². The average molecular weight is 599 g/mol. The van der Waals surface area contributed by atoms with Gasteiger partial charge in [-0.05, 0) is 92.7 Å². The topological polar surface area (TPSA) is 74.8 Å². The van der Waals surface area contributed by atoms with Crippen molar-refractivity contribution in [2.45, 2.75) is 13.8 Å². The monoisotopic (exact) mass is 598 g/mol. The van der Waals surface area contributed by atoms with E-state index in [4.69, 9.17) is 0 Å². The minimum absolute atomic E-state index is 0.269. The molecule has 6 heteroatoms. The second kappa shape index (κ2) is 9.31. The van der Waals surface area contributed by atoms with Crippen LogP contribution in [-0.4, -0.2) is 46.5 Å². The second-order valence-electron chi connectivity index (χ2n) is 12.0. The summed E-state index contributed by atoms with van der Waals surface area (Å²) in [6.45, 7) is 4.16. The second-order valence-corrected chi connectivity index (χ2v) is 12.0. The summed E-state index contributed by atoms with van der Waals surface area (Å²) in [7, 11) is 0. The molecular weight excluding hydrogens is 572 g/mol. The lowest BCUT2D eigenvalue weighted by Crippen LogP contribution is -2.40. The van der Waals surface area contributed by atoms with Crippen molar-refractivity contribution in [2.75, 3.05) is 13.1 Å². The molecule has 0 unspecified atom stereocenters. The summed E-state index contributed by atoms with van der Waals surface area (Å²) in [4.78, 5) is 58.1. The van der Waals surface area contributed by atoms with Crippen LogP contribution < -0.4 is 0 Å². The van der Waals surface area contributed by atoms with Crippen LogP contribution in [0.3, 0.4) is 0 Å². The third-order valence-electron chi connectivity index (χ3n) is 9.81. The van der Waals surface area contributed by atoms with Gasteiger partial charge in [0.25, 0.3) is 23.6 Å². The fraction of sp³-hybridized carbons (Fsp3) is 0.100. The standard InChI is InChI=1S/C40H26N2O4/c1-3-41-37(43)25-17-15-23-32-28(22-13-9-6-10-14-22)20-30-34-26(38(44)42(4-2)40(30)46)18-16-24(36(32)34)31-27(21-11-7-5-8-12-21)19-29(39(41)45)33(25)35(23)31/h5-20H,3-4H2,1-2H3. The Morgan fingerprint density at radius 1 is 0.391 bits per heavy atom. The SMILES string of the molecule is CCN1C(=O)c2ccc3c4c(-c5ccccc5)cc5c6c(ccc(c7c(-c8ccccc8)cc(c2c37)C1=O)c64)C(=O)N(CC)C5=O. The highest BCUT2D eigenvalue weighted by Gasteiger charge is 2.37. The van der Waals surface area contributed by atoms with Gasteiger partial charge in [0.15, 0.2) is 0 Å². The number of rotatable bonds is 4. The van der Waals surface area contributed by atoms with E-state index in [-0.39, 0.29) is 36.7 Å². The van der Waals surface area contributed by atoms with E-state index in [1.807, 2.05) is 111 Å². The lowest BCUT2D eigenvalue weighted by molar-refractivity contribution is 0.0603. The van der Waals surface area contributed by atoms with Gasteiger partial charge in [-0.1, -0.05) is 72.8 Å². The molecule has 0 saturated carbocycles. The minimum atomic E-state index is -0.309. The van der Waals surface area contributed by atoms with Crippen molar-refractivity contribution in [2.24, 2.45) is 0 Å². The summed E-state index contributed by atoms with van der Waals surface area (Å²) in [5.41, 5.74) is 5.55. The molecular formula is C40H26N2O4. The van der Waals surface area contributed by atoms with Crippen LogP contribution in [0.5, 0.6) is 0 Å². The van der Waals surface area contributed by atoms with E-state index < -0.39 is 0 Å². The van der Waals surface area contributed by atoms with E-state index >= 15 is 0 Å². The number of carbonyl (C=O) groups excluding carboxylic acids is 4. The smallest absolute Gasteiger partial charge is 0.261 e. The zero-order valence-electron chi connectivity index (χ0n) is 25.2. The molecule has 0 aromatic heterocycles. The van der Waals surface area contributed by atoms with Crippen molar-refractivity contribution in [3.63, 3.8) is 0 Å². The van der Waals surface area contributed by atoms with Crippen molar-refractivity contribution < 1.29 is 19.2 Å². The molecule has 46 heavy (non-hydrogen) atoms. The van der Waals surface area contributed by atoms with Crippen LogP contribution in [0.25, 0.3) is 65.3 Å². The van der Waals surface area contributed by atoms with Gasteiger partial charge >= 0.3 is 0 Å². The van der Waals surface area contributed by atoms with E-state index in [0.717, 1.165) is 54.6 Å². The normalized spacial score (nSPS) is 14.6. The molecule has 220 valence electrons. The molecule has 0 bridgehead atoms. The Bertz CT molecular complexity index is 2340. The molecule has 0 saturated heterocycles. The third kappa shape index (κ3) is 3.20. The Morgan fingerprint density at radius 2 is 0.761 bits per heavy atom. The highest BCUT2D eigenvalue weighted by Crippen LogP contribution is 2.51. The zero-order valence-corrected chi connectivity index (χ0v) is 25.2. The summed E-state index contributed by atoms with van der Waals surface area (Å²) in [6, 6.07) is 31.3. The maximum atomic E-state index is 14.0. The first-order valence-corrected chi connectivity index (χ1v) is 15.6. The Labute approximate surface area is 263 Å². The van der Waals surface area contributed by atoms with Crippen LogP contribution in [0.2, 0.25) is 0 Å². The predicted octanol–water partition coefficient (Wildman–Crippen LogP) is 8.30. The number of nitrogens with zero attached hydrogens (tertiary/aromatic N) is 2. The third-order valence-corrected chi connectivity index (χ3v) is 9.81. The van der Waals surface area contributed by atoms with Crippen molar-refractivity contribution >= 4 is 66.7 Å². The van der Waals surface area contributed by atoms with Gasteiger partial charge in [-0.15, -0.1) is 0 Å². The van der Waals surface area contributed by atoms with Gasteiger partial charge in [0, 0.05) is 46.1 Å². The van der Waals surface area contributed by atoms with Gasteiger partial charge in [0.2, 0.25) is 0 Å². The number of carbonyl (C=O) groups is 4. The Balaban J connectivity index is 1.60. The van der Waals surface area contributed by atoms with Gasteiger partial charge in [0.1, 0.15) is 0 Å². The highest BCUT2D eigenvalue weighted by molar-refractivity contribution is 6.44. The van der Waals surface area contributed by atoms with Crippen LogP contribution in [0.4, 0.5) is 0 Å². The van der Waals surface area contributed by atoms with E-state index in [2.05, 4.69) is 0 Å². The van der Waals surface area contributed by atoms with Crippen LogP contribution >= 0.6 is 0 Å². The number of amides is 4. The summed E-state index contributed by atoms with van der Waals surface area (Å²) in [6.07, 6.45) is 0. The number of hydrogen-bond donors (Lipinski definition) is 0. The number of hydrogen-bond acceptors (Lipinski definition) is 4. The number of imide groups is 2. The van der Waals surface area contributed by atoms with Crippen LogP contribution in [0, 0.1) is 0 Å². The van der Waals surface area contributed by atoms with E-state index in [1.165, 1.54) is 9.80 Å². The molecule has 0 fully saturated rings. The molecule has 0 N–H and O–H groups in total. The first-order valence-electron chi connectivity index (χ1n) is 15.6. The lowest BCUT2D eigenvalue weighted by Gasteiger charge is -2.31. The van der Waals surface area contributed by atoms with E-state index in [9.17, 15) is 19.2 Å². The molecule has 6 nitrogen and oxygen atoms in total. The molecule has 7 aromatic rings. The lowest BCUT2D eigenvalue weighted by atomic mass is 9.78. The molecule has 2 aliphatic rings. The summed E-state index contributed by atoms with van der Waals surface area (Å²) in [5.74, 6) is -1.23. The summed E-state index contributed by atoms with van der Waals surface area (Å²) >= 11 is 0. The van der Waals surface area contributed by atoms with Crippen molar-refractivity contribution in [1.29, 1.82) is 0 Å². The molecule has 0 spiro atoms. The first-order chi connectivity index (χ1) is 22.4. The minimum Gasteiger partial charge on any atom is -0.275 e. The number of fused-ring (bicyclic) bond motifs is 2. The summed E-state index contributed by atoms with van der Waals surface area (Å²) < 4.78 is 0. The van der Waals surface area contributed by atoms with Crippen LogP contribution in [0.1, 0.15) is 55.3 Å². The Morgan fingerprint density at radius 3 is 1.13 bits per heavy atom. The van der Waals surface area contributed by atoms with Gasteiger partial charge in [0.05, 0.1) is 0 Å². The molecule has 0 atom stereocenters. The molecule has 4 amide bonds. The molecule has 7 aromatic carbocycles. The van der Waals surface area contributed by atoms with Gasteiger partial charge in [-0.3, -0.25) is 29.0 Å². The fourth-order valence-corrected chi connectivity index (χ4v) is 7.83. The van der Waals surface area contributed by atoms with Crippen LogP contribution in [0.15, 0.2) is 97.1 Å². The maximum Gasteiger partial charge on any atom is 0.261 e.